The van der Waals surface area contributed by atoms with Gasteiger partial charge in [-0.15, -0.1) is 11.8 Å². The fraction of sp³-hybridized carbons (Fsp3) is 0.400. The Kier molecular flexibility index (Phi) is 8.75. The molecule has 2 amide bonds. The van der Waals surface area contributed by atoms with E-state index in [-0.39, 0.29) is 23.8 Å². The summed E-state index contributed by atoms with van der Waals surface area (Å²) in [5.74, 6) is -0.717. The van der Waals surface area contributed by atoms with E-state index in [4.69, 9.17) is 23.1 Å². The third-order valence-corrected chi connectivity index (χ3v) is 11.0. The molecule has 3 atom stereocenters. The van der Waals surface area contributed by atoms with Gasteiger partial charge in [-0.1, -0.05) is 45.9 Å². The number of pyridine rings is 1. The fourth-order valence-corrected chi connectivity index (χ4v) is 9.21. The number of nitrogens with one attached hydrogen (secondary N) is 1. The van der Waals surface area contributed by atoms with Gasteiger partial charge in [0.15, 0.2) is 10.2 Å². The molecule has 2 aromatic heterocycles. The molecule has 0 aromatic carbocycles. The molecule has 2 saturated heterocycles. The third kappa shape index (κ3) is 5.78. The first-order chi connectivity index (χ1) is 17.7. The molecule has 0 aliphatic carbocycles. The van der Waals surface area contributed by atoms with Crippen molar-refractivity contribution in [2.75, 3.05) is 30.3 Å². The Morgan fingerprint density at radius 3 is 2.84 bits per heavy atom. The van der Waals surface area contributed by atoms with Crippen molar-refractivity contribution in [1.29, 1.82) is 0 Å². The number of β-lactam (4-membered cyclic amide) rings is 1. The smallest absolute Gasteiger partial charge is 0.322 e. The molecule has 17 heteroatoms. The van der Waals surface area contributed by atoms with Gasteiger partial charge in [0, 0.05) is 30.3 Å². The van der Waals surface area contributed by atoms with Crippen LogP contribution in [-0.2, 0) is 20.1 Å². The van der Waals surface area contributed by atoms with Crippen LogP contribution in [0.15, 0.2) is 27.6 Å². The van der Waals surface area contributed by atoms with E-state index in [9.17, 15) is 24.7 Å². The van der Waals surface area contributed by atoms with Gasteiger partial charge in [-0.05, 0) is 12.1 Å². The van der Waals surface area contributed by atoms with Crippen LogP contribution in [0.3, 0.4) is 0 Å². The number of aromatic nitrogens is 2. The summed E-state index contributed by atoms with van der Waals surface area (Å²) in [4.78, 5) is 47.9. The van der Waals surface area contributed by atoms with Gasteiger partial charge in [-0.25, -0.2) is 9.97 Å². The number of carboxylic acids is 1. The number of rotatable bonds is 10. The first-order valence-electron chi connectivity index (χ1n) is 10.7. The lowest BCUT2D eigenvalue weighted by atomic mass is 10.0. The number of hydrogen-bond donors (Lipinski definition) is 5. The Balaban J connectivity index is 1.45. The number of nitrogen functional groups attached to an aromatic ring is 1. The van der Waals surface area contributed by atoms with Gasteiger partial charge in [0.1, 0.15) is 27.7 Å². The molecule has 198 valence electrons. The van der Waals surface area contributed by atoms with Crippen LogP contribution in [-0.4, -0.2) is 89.4 Å². The predicted octanol–water partition coefficient (Wildman–Crippen LogP) is 1.16. The number of halogens is 1. The molecule has 0 bridgehead atoms. The number of fused-ring (bicyclic) bond motifs is 1. The molecule has 7 N–H and O–H groups in total. The zero-order valence-corrected chi connectivity index (χ0v) is 23.0. The summed E-state index contributed by atoms with van der Waals surface area (Å²) in [6.07, 6.45) is 0. The Morgan fingerprint density at radius 1 is 1.38 bits per heavy atom. The number of aliphatic carboxylic acids is 1. The van der Waals surface area contributed by atoms with Gasteiger partial charge < -0.3 is 32.0 Å². The molecule has 0 radical (unpaired) electrons. The fourth-order valence-electron chi connectivity index (χ4n) is 3.70. The lowest BCUT2D eigenvalue weighted by Gasteiger charge is -2.53. The lowest BCUT2D eigenvalue weighted by molar-refractivity contribution is -0.151. The molecule has 2 aliphatic rings. The summed E-state index contributed by atoms with van der Waals surface area (Å²) in [6.45, 7) is 0.455. The second-order valence-corrected chi connectivity index (χ2v) is 13.4. The highest BCUT2D eigenvalue weighted by Gasteiger charge is 2.58. The topological polar surface area (TPSA) is 197 Å². The molecule has 37 heavy (non-hydrogen) atoms. The number of carboxylic acid groups (broad SMARTS) is 1. The number of carbonyl (C=O) groups is 3. The van der Waals surface area contributed by atoms with E-state index in [1.807, 2.05) is 0 Å². The summed E-state index contributed by atoms with van der Waals surface area (Å²) >= 11 is 11.3. The number of nitrogens with two attached hydrogens (primary N) is 2. The summed E-state index contributed by atoms with van der Waals surface area (Å²) in [5, 5.41) is 24.6. The molecule has 0 spiro atoms. The van der Waals surface area contributed by atoms with Crippen molar-refractivity contribution in [3.63, 3.8) is 0 Å². The number of amides is 2. The van der Waals surface area contributed by atoms with Gasteiger partial charge in [0.05, 0.1) is 9.90 Å². The van der Waals surface area contributed by atoms with Gasteiger partial charge in [0.2, 0.25) is 5.91 Å². The minimum atomic E-state index is -1.32. The van der Waals surface area contributed by atoms with Gasteiger partial charge in [-0.3, -0.25) is 14.4 Å². The van der Waals surface area contributed by atoms with Crippen molar-refractivity contribution in [1.82, 2.24) is 20.2 Å². The maximum absolute atomic E-state index is 13.0. The minimum Gasteiger partial charge on any atom is -0.480 e. The molecule has 1 unspecified atom stereocenters. The largest absolute Gasteiger partial charge is 0.480 e. The SMILES string of the molecule is NCCSCc1nc(Cl)sc1SC1(C(=O)O)CS[C@@H]2[C@H](NC(=O)C(=NO)c3cccc(N)n3)C(=O)N2C1. The zero-order valence-electron chi connectivity index (χ0n) is 19.0. The number of carbonyl (C=O) groups excluding carboxylic acids is 2. The van der Waals surface area contributed by atoms with Crippen molar-refractivity contribution in [2.45, 2.75) is 26.1 Å². The standard InChI is InChI=1S/C20H22ClN7O5S4/c21-19-25-10(6-34-5-4-22)17(36-19)37-20(18(31)32)7-28-15(30)13(16(28)35-8-20)26-14(29)12(27-33)9-2-1-3-11(23)24-9/h1-3,13,16,33H,4-8,22H2,(H2,23,24)(H,26,29)(H,31,32)/t13-,16-,20?/m1/s1. The summed E-state index contributed by atoms with van der Waals surface area (Å²) < 4.78 is -0.322. The highest BCUT2D eigenvalue weighted by molar-refractivity contribution is 8.06. The van der Waals surface area contributed by atoms with Gasteiger partial charge in [0.25, 0.3) is 5.91 Å². The van der Waals surface area contributed by atoms with E-state index >= 15 is 0 Å². The Bertz CT molecular complexity index is 1250. The van der Waals surface area contributed by atoms with Crippen LogP contribution in [0.4, 0.5) is 5.82 Å². The molecule has 0 saturated carbocycles. The number of thioether (sulfide) groups is 3. The summed E-state index contributed by atoms with van der Waals surface area (Å²) in [7, 11) is 0. The summed E-state index contributed by atoms with van der Waals surface area (Å²) in [6, 6.07) is 3.60. The highest BCUT2D eigenvalue weighted by atomic mass is 35.5. The van der Waals surface area contributed by atoms with Crippen LogP contribution in [0, 0.1) is 0 Å². The number of hydrogen-bond acceptors (Lipinski definition) is 13. The predicted molar refractivity (Wildman–Crippen MR) is 145 cm³/mol. The normalized spacial score (nSPS) is 23.4. The number of oxime groups is 1. The van der Waals surface area contributed by atoms with Crippen LogP contribution in [0.1, 0.15) is 11.4 Å². The minimum absolute atomic E-state index is 0.0462. The Hall–Kier alpha value is -2.24. The average Bonchev–Trinajstić information content (AvgIpc) is 3.21. The number of nitrogens with zero attached hydrogens (tertiary/aromatic N) is 4. The second kappa shape index (κ2) is 11.7. The molecular weight excluding hydrogens is 582 g/mol. The van der Waals surface area contributed by atoms with Crippen LogP contribution < -0.4 is 16.8 Å². The van der Waals surface area contributed by atoms with Crippen molar-refractivity contribution in [3.05, 3.63) is 34.1 Å². The van der Waals surface area contributed by atoms with Crippen LogP contribution in [0.2, 0.25) is 4.47 Å². The molecule has 2 fully saturated rings. The molecule has 2 aliphatic heterocycles. The first kappa shape index (κ1) is 27.8. The molecule has 4 heterocycles. The molecule has 2 aromatic rings. The first-order valence-corrected chi connectivity index (χ1v) is 14.9. The third-order valence-electron chi connectivity index (χ3n) is 5.48. The van der Waals surface area contributed by atoms with Crippen molar-refractivity contribution < 1.29 is 24.7 Å². The van der Waals surface area contributed by atoms with Crippen LogP contribution >= 0.6 is 58.2 Å². The number of anilines is 1. The second-order valence-electron chi connectivity index (χ2n) is 7.96. The van der Waals surface area contributed by atoms with E-state index in [0.717, 1.165) is 17.5 Å². The van der Waals surface area contributed by atoms with Crippen molar-refractivity contribution in [2.24, 2.45) is 10.9 Å². The molecular formula is C20H22ClN7O5S4. The van der Waals surface area contributed by atoms with Crippen molar-refractivity contribution in [3.8, 4) is 0 Å². The van der Waals surface area contributed by atoms with Crippen LogP contribution in [0.5, 0.6) is 0 Å². The monoisotopic (exact) mass is 603 g/mol. The maximum atomic E-state index is 13.0. The van der Waals surface area contributed by atoms with Crippen LogP contribution in [0.25, 0.3) is 0 Å². The number of thiazole rings is 1. The van der Waals surface area contributed by atoms with Crippen molar-refractivity contribution >= 4 is 87.5 Å². The summed E-state index contributed by atoms with van der Waals surface area (Å²) in [5.41, 5.74) is 11.5. The van der Waals surface area contributed by atoms with Gasteiger partial charge in [-0.2, -0.15) is 11.8 Å². The maximum Gasteiger partial charge on any atom is 0.322 e. The van der Waals surface area contributed by atoms with E-state index in [0.29, 0.717) is 26.7 Å². The Morgan fingerprint density at radius 2 is 2.16 bits per heavy atom. The van der Waals surface area contributed by atoms with E-state index in [2.05, 4.69) is 20.4 Å². The van der Waals surface area contributed by atoms with Gasteiger partial charge >= 0.3 is 5.97 Å². The van der Waals surface area contributed by atoms with E-state index in [1.165, 1.54) is 40.1 Å². The highest BCUT2D eigenvalue weighted by Crippen LogP contribution is 2.49. The quantitative estimate of drug-likeness (QED) is 0.0855. The average molecular weight is 604 g/mol. The van der Waals surface area contributed by atoms with E-state index in [1.54, 1.807) is 17.8 Å². The Labute approximate surface area is 233 Å². The molecule has 12 nitrogen and oxygen atoms in total. The van der Waals surface area contributed by atoms with E-state index < -0.39 is 39.7 Å². The zero-order chi connectivity index (χ0) is 26.7. The lowest BCUT2D eigenvalue weighted by Crippen LogP contribution is -2.74. The molecule has 4 rings (SSSR count).